The van der Waals surface area contributed by atoms with Crippen LogP contribution in [0.3, 0.4) is 0 Å². The molecule has 0 aliphatic rings. The highest BCUT2D eigenvalue weighted by Gasteiger charge is 2.00. The molecule has 0 saturated heterocycles. The minimum absolute atomic E-state index is 0.435. The largest absolute Gasteiger partial charge is 0.469 e. The number of nitrogens with zero attached hydrogens (tertiary/aromatic N) is 2. The Labute approximate surface area is 63.0 Å². The predicted molar refractivity (Wildman–Crippen MR) is 39.0 cm³/mol. The van der Waals surface area contributed by atoms with E-state index >= 15 is 0 Å². The highest BCUT2D eigenvalue weighted by atomic mass is 32.1. The Bertz CT molecular complexity index is 201. The van der Waals surface area contributed by atoms with Crippen LogP contribution in [0.15, 0.2) is 0 Å². The zero-order valence-electron chi connectivity index (χ0n) is 5.70. The van der Waals surface area contributed by atoms with Gasteiger partial charge in [0.05, 0.1) is 6.61 Å². The lowest BCUT2D eigenvalue weighted by atomic mass is 10.7. The van der Waals surface area contributed by atoms with E-state index < -0.39 is 0 Å². The van der Waals surface area contributed by atoms with Gasteiger partial charge < -0.3 is 10.5 Å². The molecule has 1 aromatic rings. The van der Waals surface area contributed by atoms with Crippen molar-refractivity contribution < 1.29 is 4.74 Å². The topological polar surface area (TPSA) is 61.0 Å². The molecule has 0 aliphatic heterocycles. The van der Waals surface area contributed by atoms with E-state index in [9.17, 15) is 0 Å². The molecule has 2 N–H and O–H groups in total. The van der Waals surface area contributed by atoms with E-state index in [4.69, 9.17) is 10.5 Å². The van der Waals surface area contributed by atoms with Gasteiger partial charge in [-0.05, 0) is 6.92 Å². The molecule has 10 heavy (non-hydrogen) atoms. The molecule has 0 saturated carbocycles. The maximum absolute atomic E-state index is 5.31. The van der Waals surface area contributed by atoms with Crippen LogP contribution in [-0.2, 0) is 6.54 Å². The van der Waals surface area contributed by atoms with Crippen LogP contribution in [-0.4, -0.2) is 16.8 Å². The molecule has 5 heteroatoms. The Hall–Kier alpha value is -0.680. The van der Waals surface area contributed by atoms with E-state index in [0.717, 1.165) is 5.01 Å². The molecule has 0 amide bonds. The van der Waals surface area contributed by atoms with Crippen molar-refractivity contribution in [3.63, 3.8) is 0 Å². The molecule has 1 rings (SSSR count). The molecular weight excluding hydrogens is 150 g/mol. The van der Waals surface area contributed by atoms with Gasteiger partial charge in [-0.25, -0.2) is 0 Å². The smallest absolute Gasteiger partial charge is 0.294 e. The maximum Gasteiger partial charge on any atom is 0.294 e. The summed E-state index contributed by atoms with van der Waals surface area (Å²) < 4.78 is 5.08. The number of ether oxygens (including phenoxy) is 1. The summed E-state index contributed by atoms with van der Waals surface area (Å²) >= 11 is 1.39. The summed E-state index contributed by atoms with van der Waals surface area (Å²) in [7, 11) is 0. The molecule has 1 heterocycles. The normalized spacial score (nSPS) is 9.80. The summed E-state index contributed by atoms with van der Waals surface area (Å²) in [6, 6.07) is 0. The molecule has 0 aliphatic carbocycles. The van der Waals surface area contributed by atoms with Crippen molar-refractivity contribution >= 4 is 11.3 Å². The fourth-order valence-electron chi connectivity index (χ4n) is 0.502. The predicted octanol–water partition coefficient (Wildman–Crippen LogP) is 0.396. The third kappa shape index (κ3) is 1.65. The van der Waals surface area contributed by atoms with Gasteiger partial charge in [0.2, 0.25) is 0 Å². The van der Waals surface area contributed by atoms with E-state index in [1.54, 1.807) is 0 Å². The molecule has 1 aromatic heterocycles. The van der Waals surface area contributed by atoms with Gasteiger partial charge in [0.15, 0.2) is 0 Å². The first-order chi connectivity index (χ1) is 4.86. The van der Waals surface area contributed by atoms with Crippen LogP contribution in [0.1, 0.15) is 11.9 Å². The van der Waals surface area contributed by atoms with Gasteiger partial charge in [0.1, 0.15) is 5.01 Å². The van der Waals surface area contributed by atoms with Crippen LogP contribution >= 0.6 is 11.3 Å². The second-order valence-corrected chi connectivity index (χ2v) is 2.62. The molecule has 0 bridgehead atoms. The highest BCUT2D eigenvalue weighted by Crippen LogP contribution is 2.16. The van der Waals surface area contributed by atoms with Gasteiger partial charge in [-0.2, -0.15) is 0 Å². The van der Waals surface area contributed by atoms with Crippen LogP contribution in [0.2, 0.25) is 0 Å². The van der Waals surface area contributed by atoms with E-state index in [1.165, 1.54) is 11.3 Å². The standard InChI is InChI=1S/C5H9N3OS/c1-2-9-5-8-7-4(3-6)10-5/h2-3,6H2,1H3. The summed E-state index contributed by atoms with van der Waals surface area (Å²) in [5, 5.41) is 8.92. The molecule has 0 spiro atoms. The number of nitrogens with two attached hydrogens (primary N) is 1. The second kappa shape index (κ2) is 3.48. The first-order valence-electron chi connectivity index (χ1n) is 3.02. The van der Waals surface area contributed by atoms with Crippen molar-refractivity contribution in [3.05, 3.63) is 5.01 Å². The summed E-state index contributed by atoms with van der Waals surface area (Å²) in [4.78, 5) is 0. The van der Waals surface area contributed by atoms with E-state index in [-0.39, 0.29) is 0 Å². The minimum Gasteiger partial charge on any atom is -0.469 e. The SMILES string of the molecule is CCOc1nnc(CN)s1. The summed E-state index contributed by atoms with van der Waals surface area (Å²) in [5.41, 5.74) is 5.31. The zero-order valence-corrected chi connectivity index (χ0v) is 6.52. The summed E-state index contributed by atoms with van der Waals surface area (Å²) in [5.74, 6) is 0. The van der Waals surface area contributed by atoms with Crippen molar-refractivity contribution in [2.75, 3.05) is 6.61 Å². The van der Waals surface area contributed by atoms with E-state index in [2.05, 4.69) is 10.2 Å². The molecule has 0 fully saturated rings. The number of hydrogen-bond donors (Lipinski definition) is 1. The highest BCUT2D eigenvalue weighted by molar-refractivity contribution is 7.13. The second-order valence-electron chi connectivity index (χ2n) is 1.60. The third-order valence-corrected chi connectivity index (χ3v) is 1.75. The van der Waals surface area contributed by atoms with E-state index in [0.29, 0.717) is 18.3 Å². The first kappa shape index (κ1) is 7.43. The van der Waals surface area contributed by atoms with Gasteiger partial charge in [0, 0.05) is 6.54 Å². The van der Waals surface area contributed by atoms with Gasteiger partial charge >= 0.3 is 0 Å². The Balaban J connectivity index is 2.59. The minimum atomic E-state index is 0.435. The maximum atomic E-state index is 5.31. The third-order valence-electron chi connectivity index (χ3n) is 0.891. The number of aromatic nitrogens is 2. The van der Waals surface area contributed by atoms with Crippen molar-refractivity contribution in [1.29, 1.82) is 0 Å². The lowest BCUT2D eigenvalue weighted by Gasteiger charge is -1.91. The fraction of sp³-hybridized carbons (Fsp3) is 0.600. The molecule has 0 aromatic carbocycles. The Morgan fingerprint density at radius 1 is 1.60 bits per heavy atom. The Morgan fingerprint density at radius 2 is 2.40 bits per heavy atom. The Morgan fingerprint density at radius 3 is 2.90 bits per heavy atom. The average Bonchev–Trinajstić information content (AvgIpc) is 2.37. The Kier molecular flexibility index (Phi) is 2.58. The van der Waals surface area contributed by atoms with Crippen molar-refractivity contribution in [2.24, 2.45) is 5.73 Å². The fourth-order valence-corrected chi connectivity index (χ4v) is 1.13. The monoisotopic (exact) mass is 159 g/mol. The summed E-state index contributed by atoms with van der Waals surface area (Å²) in [6.45, 7) is 2.97. The van der Waals surface area contributed by atoms with Crippen molar-refractivity contribution in [1.82, 2.24) is 10.2 Å². The van der Waals surface area contributed by atoms with Crippen LogP contribution in [0, 0.1) is 0 Å². The number of rotatable bonds is 3. The lowest BCUT2D eigenvalue weighted by molar-refractivity contribution is 0.335. The van der Waals surface area contributed by atoms with Crippen molar-refractivity contribution in [2.45, 2.75) is 13.5 Å². The van der Waals surface area contributed by atoms with Gasteiger partial charge in [0.25, 0.3) is 5.19 Å². The van der Waals surface area contributed by atoms with Crippen LogP contribution in [0.25, 0.3) is 0 Å². The van der Waals surface area contributed by atoms with Gasteiger partial charge in [-0.1, -0.05) is 11.3 Å². The quantitative estimate of drug-likeness (QED) is 0.693. The van der Waals surface area contributed by atoms with E-state index in [1.807, 2.05) is 6.92 Å². The number of hydrogen-bond acceptors (Lipinski definition) is 5. The van der Waals surface area contributed by atoms with Gasteiger partial charge in [-0.15, -0.1) is 10.2 Å². The first-order valence-corrected chi connectivity index (χ1v) is 3.83. The zero-order chi connectivity index (χ0) is 7.40. The summed E-state index contributed by atoms with van der Waals surface area (Å²) in [6.07, 6.45) is 0. The molecule has 0 radical (unpaired) electrons. The molecular formula is C5H9N3OS. The molecule has 56 valence electrons. The van der Waals surface area contributed by atoms with Gasteiger partial charge in [-0.3, -0.25) is 0 Å². The van der Waals surface area contributed by atoms with Crippen LogP contribution < -0.4 is 10.5 Å². The lowest BCUT2D eigenvalue weighted by Crippen LogP contribution is -1.94. The van der Waals surface area contributed by atoms with Crippen molar-refractivity contribution in [3.8, 4) is 5.19 Å². The molecule has 0 atom stereocenters. The average molecular weight is 159 g/mol. The molecule has 4 nitrogen and oxygen atoms in total. The molecule has 0 unspecified atom stereocenters. The van der Waals surface area contributed by atoms with Crippen LogP contribution in [0.5, 0.6) is 5.19 Å². The van der Waals surface area contributed by atoms with Crippen LogP contribution in [0.4, 0.5) is 0 Å².